The van der Waals surface area contributed by atoms with Crippen LogP contribution in [0.4, 0.5) is 5.69 Å². The Morgan fingerprint density at radius 2 is 2.06 bits per heavy atom. The van der Waals surface area contributed by atoms with Crippen LogP contribution in [-0.2, 0) is 4.79 Å². The Labute approximate surface area is 101 Å². The van der Waals surface area contributed by atoms with Crippen molar-refractivity contribution in [3.63, 3.8) is 0 Å². The first-order chi connectivity index (χ1) is 7.72. The molecule has 0 aliphatic rings. The summed E-state index contributed by atoms with van der Waals surface area (Å²) in [5.41, 5.74) is 2.09. The van der Waals surface area contributed by atoms with Crippen LogP contribution < -0.4 is 5.32 Å². The largest absolute Gasteiger partial charge is 0.388 e. The van der Waals surface area contributed by atoms with Crippen LogP contribution in [0.25, 0.3) is 0 Å². The smallest absolute Gasteiger partial charge is 0.185 e. The number of benzene rings is 1. The van der Waals surface area contributed by atoms with Crippen LogP contribution in [0.5, 0.6) is 0 Å². The lowest BCUT2D eigenvalue weighted by molar-refractivity contribution is -0.109. The fourth-order valence-electron chi connectivity index (χ4n) is 1.13. The van der Waals surface area contributed by atoms with Crippen LogP contribution in [0.3, 0.4) is 0 Å². The molecule has 0 atom stereocenters. The first-order valence-corrected chi connectivity index (χ1v) is 6.11. The van der Waals surface area contributed by atoms with Gasteiger partial charge in [0.05, 0.1) is 0 Å². The Morgan fingerprint density at radius 1 is 1.38 bits per heavy atom. The third kappa shape index (κ3) is 4.90. The minimum Gasteiger partial charge on any atom is -0.388 e. The van der Waals surface area contributed by atoms with E-state index in [4.69, 9.17) is 0 Å². The Kier molecular flexibility index (Phi) is 5.52. The molecule has 84 valence electrons. The van der Waals surface area contributed by atoms with Gasteiger partial charge in [-0.15, -0.1) is 0 Å². The molecule has 0 aliphatic carbocycles. The molecule has 3 heteroatoms. The molecule has 1 aromatic rings. The molecule has 1 aromatic carbocycles. The maximum atomic E-state index is 10.7. The van der Waals surface area contributed by atoms with Crippen molar-refractivity contribution >= 4 is 22.6 Å². The van der Waals surface area contributed by atoms with Gasteiger partial charge in [-0.3, -0.25) is 4.79 Å². The van der Waals surface area contributed by atoms with Gasteiger partial charge >= 0.3 is 0 Å². The highest BCUT2D eigenvalue weighted by atomic mass is 32.2. The molecule has 0 heterocycles. The number of thioether (sulfide) groups is 1. The highest BCUT2D eigenvalue weighted by Gasteiger charge is 1.91. The molecule has 0 amide bonds. The van der Waals surface area contributed by atoms with Crippen molar-refractivity contribution in [3.05, 3.63) is 29.8 Å². The summed E-state index contributed by atoms with van der Waals surface area (Å²) in [4.78, 5) is 10.7. The Morgan fingerprint density at radius 3 is 2.62 bits per heavy atom. The minimum absolute atomic E-state index is 0.153. The van der Waals surface area contributed by atoms with E-state index in [1.54, 1.807) is 6.92 Å². The van der Waals surface area contributed by atoms with E-state index in [0.29, 0.717) is 0 Å². The molecule has 1 N–H and O–H groups in total. The predicted molar refractivity (Wildman–Crippen MR) is 70.6 cm³/mol. The molecule has 0 aromatic heterocycles. The fraction of sp³-hybridized carbons (Fsp3) is 0.308. The van der Waals surface area contributed by atoms with E-state index in [1.807, 2.05) is 31.3 Å². The van der Waals surface area contributed by atoms with Crippen LogP contribution in [0.1, 0.15) is 18.9 Å². The molecule has 2 nitrogen and oxygen atoms in total. The third-order valence-corrected chi connectivity index (χ3v) is 2.75. The molecule has 0 aliphatic heterocycles. The lowest BCUT2D eigenvalue weighted by Crippen LogP contribution is -1.87. The number of carbonyl (C=O) groups is 1. The summed E-state index contributed by atoms with van der Waals surface area (Å²) < 4.78 is 0. The summed E-state index contributed by atoms with van der Waals surface area (Å²) in [7, 11) is 1.89. The van der Waals surface area contributed by atoms with Crippen molar-refractivity contribution in [1.29, 1.82) is 0 Å². The van der Waals surface area contributed by atoms with Gasteiger partial charge in [0.25, 0.3) is 0 Å². The van der Waals surface area contributed by atoms with Gasteiger partial charge < -0.3 is 5.32 Å². The molecule has 0 saturated heterocycles. The first kappa shape index (κ1) is 12.7. The number of hydrogen-bond donors (Lipinski definition) is 1. The molecule has 0 radical (unpaired) electrons. The summed E-state index contributed by atoms with van der Waals surface area (Å²) >= 11 is 1.32. The van der Waals surface area contributed by atoms with E-state index in [-0.39, 0.29) is 5.12 Å². The average molecular weight is 233 g/mol. The van der Waals surface area contributed by atoms with Crippen molar-refractivity contribution in [1.82, 2.24) is 0 Å². The van der Waals surface area contributed by atoms with Crippen LogP contribution in [0, 0.1) is 11.8 Å². The zero-order valence-electron chi connectivity index (χ0n) is 9.54. The predicted octanol–water partition coefficient (Wildman–Crippen LogP) is 2.75. The zero-order chi connectivity index (χ0) is 11.8. The fourth-order valence-corrected chi connectivity index (χ4v) is 1.62. The van der Waals surface area contributed by atoms with Gasteiger partial charge in [-0.2, -0.15) is 0 Å². The Hall–Kier alpha value is -1.40. The minimum atomic E-state index is 0.153. The number of carbonyl (C=O) groups excluding carboxylic acids is 1. The quantitative estimate of drug-likeness (QED) is 0.643. The van der Waals surface area contributed by atoms with Crippen molar-refractivity contribution < 1.29 is 4.79 Å². The van der Waals surface area contributed by atoms with Crippen LogP contribution >= 0.6 is 11.8 Å². The van der Waals surface area contributed by atoms with Gasteiger partial charge in [0.1, 0.15) is 0 Å². The van der Waals surface area contributed by atoms with Crippen molar-refractivity contribution in [2.75, 3.05) is 18.1 Å². The Bertz CT molecular complexity index is 400. The van der Waals surface area contributed by atoms with E-state index in [1.165, 1.54) is 11.8 Å². The second-order valence-corrected chi connectivity index (χ2v) is 4.49. The van der Waals surface area contributed by atoms with E-state index < -0.39 is 0 Å². The zero-order valence-corrected chi connectivity index (χ0v) is 10.4. The van der Waals surface area contributed by atoms with Gasteiger partial charge in [-0.25, -0.2) is 0 Å². The molecule has 0 spiro atoms. The lowest BCUT2D eigenvalue weighted by Gasteiger charge is -1.97. The number of rotatable bonds is 3. The molecule has 0 saturated carbocycles. The van der Waals surface area contributed by atoms with E-state index in [2.05, 4.69) is 17.2 Å². The summed E-state index contributed by atoms with van der Waals surface area (Å²) in [6.45, 7) is 1.58. The average Bonchev–Trinajstić information content (AvgIpc) is 2.29. The Balaban J connectivity index is 2.41. The monoisotopic (exact) mass is 233 g/mol. The normalized spacial score (nSPS) is 9.12. The first-order valence-electron chi connectivity index (χ1n) is 5.12. The van der Waals surface area contributed by atoms with Crippen LogP contribution in [0.2, 0.25) is 0 Å². The van der Waals surface area contributed by atoms with Gasteiger partial charge in [0.15, 0.2) is 5.12 Å². The molecule has 1 rings (SSSR count). The topological polar surface area (TPSA) is 29.1 Å². The second-order valence-electron chi connectivity index (χ2n) is 3.22. The number of hydrogen-bond acceptors (Lipinski definition) is 3. The lowest BCUT2D eigenvalue weighted by atomic mass is 10.2. The standard InChI is InChI=1S/C13H15NOS/c1-11(15)16-10-4-3-5-12-6-8-13(14-2)9-7-12/h6-9,14H,4,10H2,1-2H3. The van der Waals surface area contributed by atoms with Crippen LogP contribution in [0.15, 0.2) is 24.3 Å². The van der Waals surface area contributed by atoms with E-state index >= 15 is 0 Å². The number of nitrogens with one attached hydrogen (secondary N) is 1. The second kappa shape index (κ2) is 6.97. The maximum absolute atomic E-state index is 10.7. The SMILES string of the molecule is CNc1ccc(C#CCCSC(C)=O)cc1. The molecular formula is C13H15NOS. The summed E-state index contributed by atoms with van der Waals surface area (Å²) in [5.74, 6) is 6.89. The van der Waals surface area contributed by atoms with Crippen molar-refractivity contribution in [2.24, 2.45) is 0 Å². The van der Waals surface area contributed by atoms with Crippen molar-refractivity contribution in [3.8, 4) is 11.8 Å². The van der Waals surface area contributed by atoms with Crippen molar-refractivity contribution in [2.45, 2.75) is 13.3 Å². The molecule has 16 heavy (non-hydrogen) atoms. The van der Waals surface area contributed by atoms with Gasteiger partial charge in [0, 0.05) is 37.4 Å². The van der Waals surface area contributed by atoms with E-state index in [0.717, 1.165) is 23.4 Å². The molecular weight excluding hydrogens is 218 g/mol. The highest BCUT2D eigenvalue weighted by molar-refractivity contribution is 8.13. The summed E-state index contributed by atoms with van der Waals surface area (Å²) in [5, 5.41) is 3.21. The highest BCUT2D eigenvalue weighted by Crippen LogP contribution is 2.07. The molecule has 0 fully saturated rings. The van der Waals surface area contributed by atoms with Gasteiger partial charge in [0.2, 0.25) is 0 Å². The number of anilines is 1. The van der Waals surface area contributed by atoms with Crippen LogP contribution in [-0.4, -0.2) is 17.9 Å². The van der Waals surface area contributed by atoms with E-state index in [9.17, 15) is 4.79 Å². The summed E-state index contributed by atoms with van der Waals surface area (Å²) in [6, 6.07) is 7.95. The summed E-state index contributed by atoms with van der Waals surface area (Å²) in [6.07, 6.45) is 0.748. The molecule has 0 unspecified atom stereocenters. The van der Waals surface area contributed by atoms with Gasteiger partial charge in [-0.1, -0.05) is 23.6 Å². The van der Waals surface area contributed by atoms with Gasteiger partial charge in [-0.05, 0) is 24.3 Å². The third-order valence-electron chi connectivity index (χ3n) is 1.94. The molecule has 0 bridgehead atoms. The maximum Gasteiger partial charge on any atom is 0.185 e.